The van der Waals surface area contributed by atoms with Crippen molar-refractivity contribution >= 4 is 47.5 Å². The van der Waals surface area contributed by atoms with Gasteiger partial charge in [0.25, 0.3) is 23.6 Å². The van der Waals surface area contributed by atoms with Gasteiger partial charge in [-0.1, -0.05) is 27.7 Å². The van der Waals surface area contributed by atoms with Crippen molar-refractivity contribution in [2.45, 2.75) is 130 Å². The average molecular weight is 1530 g/mol. The van der Waals surface area contributed by atoms with Gasteiger partial charge in [0, 0.05) is 90.4 Å². The lowest BCUT2D eigenvalue weighted by Gasteiger charge is -2.36. The predicted octanol–water partition coefficient (Wildman–Crippen LogP) is 11.0. The van der Waals surface area contributed by atoms with Crippen molar-refractivity contribution in [3.05, 3.63) is 210 Å². The molecule has 8 bridgehead atoms. The average Bonchev–Trinajstić information content (AvgIpc) is 0.724. The van der Waals surface area contributed by atoms with E-state index in [-0.39, 0.29) is 75.9 Å². The Kier molecular flexibility index (Phi) is 22.9. The molecule has 13 rings (SSSR count). The summed E-state index contributed by atoms with van der Waals surface area (Å²) >= 11 is 0. The molecule has 5 aliphatic rings. The summed E-state index contributed by atoms with van der Waals surface area (Å²) in [6, 6.07) is 30.4. The van der Waals surface area contributed by atoms with Crippen LogP contribution in [0.2, 0.25) is 0 Å². The summed E-state index contributed by atoms with van der Waals surface area (Å²) in [5.74, 6) is -2.21. The van der Waals surface area contributed by atoms with Crippen LogP contribution in [0, 0.1) is 0 Å². The van der Waals surface area contributed by atoms with E-state index >= 15 is 0 Å². The number of methoxy groups -OCH3 is 4. The number of hydrogen-bond acceptors (Lipinski definition) is 24. The van der Waals surface area contributed by atoms with E-state index in [1.165, 1.54) is 56.1 Å². The van der Waals surface area contributed by atoms with Gasteiger partial charge in [-0.2, -0.15) is 0 Å². The minimum Gasteiger partial charge on any atom is -0.489 e. The highest BCUT2D eigenvalue weighted by Crippen LogP contribution is 2.57. The SMILES string of the molecule is COC(=O)C(C)NC(=O)c1ccc(OCc2c3c4cc5c2OCOc2c(cc6c(c2COc2ccc(C(=O)NC(C)C(=O)OC)cc2)OCOc2c(cc7c(c2COc2ccc(C(=O)NC(C)C(=O)OC)cc2)OCOc2c(cc(c(c2COc2ccc(C(=O)NC(C)C(=O)OC)cc2)OCO3)C4C)C7C)C6C)C5C)cc1. The zero-order valence-electron chi connectivity index (χ0n) is 63.6. The number of hydrogen-bond donors (Lipinski definition) is 4. The minimum atomic E-state index is -0.911. The van der Waals surface area contributed by atoms with Crippen molar-refractivity contribution in [3.8, 4) is 69.0 Å². The lowest BCUT2D eigenvalue weighted by molar-refractivity contribution is -0.143. The molecular weight excluding hydrogens is 1450 g/mol. The summed E-state index contributed by atoms with van der Waals surface area (Å²) in [7, 11) is 4.96. The Bertz CT molecular complexity index is 4250. The van der Waals surface area contributed by atoms with E-state index in [1.54, 1.807) is 97.1 Å². The lowest BCUT2D eigenvalue weighted by atomic mass is 9.78. The summed E-state index contributed by atoms with van der Waals surface area (Å²) in [6.07, 6.45) is 0. The number of carbonyl (C=O) groups excluding carboxylic acids is 8. The third-order valence-electron chi connectivity index (χ3n) is 20.5. The van der Waals surface area contributed by atoms with Crippen LogP contribution in [0.3, 0.4) is 0 Å². The largest absolute Gasteiger partial charge is 0.489 e. The number of esters is 4. The van der Waals surface area contributed by atoms with E-state index in [4.69, 9.17) is 75.8 Å². The maximum atomic E-state index is 13.4. The molecule has 28 heteroatoms. The maximum Gasteiger partial charge on any atom is 0.328 e. The van der Waals surface area contributed by atoms with E-state index in [1.807, 2.05) is 27.7 Å². The normalized spacial score (nSPS) is 16.8. The number of rotatable bonds is 24. The Labute approximate surface area is 644 Å². The molecule has 1 aliphatic carbocycles. The lowest BCUT2D eigenvalue weighted by Crippen LogP contribution is -2.39. The Morgan fingerprint density at radius 3 is 0.607 bits per heavy atom. The summed E-state index contributed by atoms with van der Waals surface area (Å²) < 4.78 is 102. The molecule has 584 valence electrons. The van der Waals surface area contributed by atoms with E-state index in [9.17, 15) is 38.4 Å². The van der Waals surface area contributed by atoms with Crippen molar-refractivity contribution in [1.82, 2.24) is 21.3 Å². The number of nitrogens with one attached hydrogen (secondary N) is 4. The zero-order chi connectivity index (χ0) is 79.3. The van der Waals surface area contributed by atoms with Gasteiger partial charge >= 0.3 is 23.9 Å². The van der Waals surface area contributed by atoms with Crippen molar-refractivity contribution in [2.24, 2.45) is 0 Å². The van der Waals surface area contributed by atoms with Gasteiger partial charge < -0.3 is 97.1 Å². The summed E-state index contributed by atoms with van der Waals surface area (Å²) in [5.41, 5.74) is 8.69. The van der Waals surface area contributed by atoms with Crippen LogP contribution < -0.4 is 78.1 Å². The van der Waals surface area contributed by atoms with E-state index < -0.39 is 95.3 Å². The Morgan fingerprint density at radius 1 is 0.295 bits per heavy atom. The molecule has 4 aliphatic heterocycles. The molecule has 4 heterocycles. The third-order valence-corrected chi connectivity index (χ3v) is 20.5. The monoisotopic (exact) mass is 1530 g/mol. The second-order valence-electron chi connectivity index (χ2n) is 27.4. The molecule has 4 N–H and O–H groups in total. The van der Waals surface area contributed by atoms with E-state index in [0.717, 1.165) is 0 Å². The van der Waals surface area contributed by atoms with Crippen molar-refractivity contribution < 1.29 is 114 Å². The number of amides is 4. The molecule has 0 saturated heterocycles. The van der Waals surface area contributed by atoms with Gasteiger partial charge in [-0.05, 0) is 149 Å². The molecule has 0 spiro atoms. The molecule has 4 atom stereocenters. The van der Waals surface area contributed by atoms with Crippen molar-refractivity contribution in [3.63, 3.8) is 0 Å². The highest BCUT2D eigenvalue weighted by molar-refractivity contribution is 5.99. The van der Waals surface area contributed by atoms with Gasteiger partial charge in [-0.15, -0.1) is 0 Å². The Hall–Kier alpha value is -12.9. The molecule has 0 radical (unpaired) electrons. The van der Waals surface area contributed by atoms with Crippen LogP contribution in [0.4, 0.5) is 0 Å². The van der Waals surface area contributed by atoms with Gasteiger partial charge in [0.1, 0.15) is 120 Å². The molecule has 0 aromatic heterocycles. The van der Waals surface area contributed by atoms with Crippen molar-refractivity contribution in [1.29, 1.82) is 0 Å². The molecule has 8 aromatic rings. The fourth-order valence-corrected chi connectivity index (χ4v) is 14.2. The zero-order valence-corrected chi connectivity index (χ0v) is 63.6. The predicted molar refractivity (Wildman–Crippen MR) is 399 cm³/mol. The van der Waals surface area contributed by atoms with Crippen LogP contribution in [0.1, 0.15) is 187 Å². The number of ether oxygens (including phenoxy) is 16. The third kappa shape index (κ3) is 15.7. The molecule has 112 heavy (non-hydrogen) atoms. The first-order chi connectivity index (χ1) is 54.0. The van der Waals surface area contributed by atoms with Gasteiger partial charge in [0.15, 0.2) is 0 Å². The first kappa shape index (κ1) is 77.3. The fraction of sp³-hybridized carbons (Fsp3) is 0.333. The van der Waals surface area contributed by atoms with Gasteiger partial charge in [0.2, 0.25) is 27.2 Å². The molecule has 0 fully saturated rings. The Balaban J connectivity index is 0.985. The topological polar surface area (TPSA) is 332 Å². The standard InChI is InChI=1S/C84H84N4O24/c1-41-57-29-59-42(2)61-31-63-44(4)64-32-62-43(3)60-30-58(41)70-66(34-102-54-23-15-50(16-24-54)78(90)86-46(6)82(94)98-10)72(60)108-39-110-74(62)68(36-104-56-27-19-52(20-28-56)80(92)88-48(8)84(96)100-12)76(64)112-40-111-75(63)67(35-103-55-25-17-51(18-26-55)79(91)87-47(7)83(95)99-11)73(61)109-38-107-71(59)65(69(57)105-37-106-70)33-101-53-21-13-49(14-22-53)77(89)85-45(5)81(93)97-9/h13-32,41-48H,33-40H2,1-12H3,(H,85,89)(H,86,90)(H,87,91)(H,88,92). The molecule has 28 nitrogen and oxygen atoms in total. The van der Waals surface area contributed by atoms with Gasteiger partial charge in [0.05, 0.1) is 50.7 Å². The minimum absolute atomic E-state index is 0.153. The first-order valence-electron chi connectivity index (χ1n) is 36.2. The first-order valence-corrected chi connectivity index (χ1v) is 36.2. The van der Waals surface area contributed by atoms with Crippen LogP contribution in [-0.2, 0) is 64.6 Å². The second-order valence-corrected chi connectivity index (χ2v) is 27.4. The molecule has 4 unspecified atom stereocenters. The summed E-state index contributed by atoms with van der Waals surface area (Å²) in [6.45, 7) is 12.2. The summed E-state index contributed by atoms with van der Waals surface area (Å²) in [5, 5.41) is 10.6. The highest BCUT2D eigenvalue weighted by atomic mass is 16.7. The van der Waals surface area contributed by atoms with Gasteiger partial charge in [-0.25, -0.2) is 19.2 Å². The Morgan fingerprint density at radius 2 is 0.455 bits per heavy atom. The van der Waals surface area contributed by atoms with Crippen LogP contribution in [0.15, 0.2) is 121 Å². The second kappa shape index (κ2) is 33.1. The maximum absolute atomic E-state index is 13.4. The quantitative estimate of drug-likeness (QED) is 0.0322. The molecule has 4 amide bonds. The summed E-state index contributed by atoms with van der Waals surface area (Å²) in [4.78, 5) is 102. The van der Waals surface area contributed by atoms with Crippen LogP contribution in [-0.4, -0.2) is 127 Å². The highest BCUT2D eigenvalue weighted by Gasteiger charge is 2.41. The molecular formula is C84H84N4O24. The van der Waals surface area contributed by atoms with Crippen molar-refractivity contribution in [2.75, 3.05) is 55.6 Å². The number of carbonyl (C=O) groups is 8. The van der Waals surface area contributed by atoms with Crippen LogP contribution >= 0.6 is 0 Å². The molecule has 0 saturated carbocycles. The molecule has 8 aromatic carbocycles. The van der Waals surface area contributed by atoms with Crippen LogP contribution in [0.25, 0.3) is 0 Å². The number of benzene rings is 8. The van der Waals surface area contributed by atoms with E-state index in [0.29, 0.717) is 136 Å². The smallest absolute Gasteiger partial charge is 0.328 e. The van der Waals surface area contributed by atoms with E-state index in [2.05, 4.69) is 45.5 Å². The fourth-order valence-electron chi connectivity index (χ4n) is 14.2. The van der Waals surface area contributed by atoms with Crippen LogP contribution in [0.5, 0.6) is 69.0 Å². The van der Waals surface area contributed by atoms with Gasteiger partial charge in [-0.3, -0.25) is 19.2 Å².